The van der Waals surface area contributed by atoms with Gasteiger partial charge in [0.1, 0.15) is 11.6 Å². The predicted octanol–water partition coefficient (Wildman–Crippen LogP) is 4.04. The van der Waals surface area contributed by atoms with Crippen molar-refractivity contribution >= 4 is 50.9 Å². The molecule has 41 heavy (non-hydrogen) atoms. The second-order valence-corrected chi connectivity index (χ2v) is 12.8. The Morgan fingerprint density at radius 1 is 1.12 bits per heavy atom. The highest BCUT2D eigenvalue weighted by atomic mass is 35.5. The van der Waals surface area contributed by atoms with Crippen LogP contribution in [-0.4, -0.2) is 73.9 Å². The van der Waals surface area contributed by atoms with Crippen molar-refractivity contribution in [3.05, 3.63) is 52.4 Å². The van der Waals surface area contributed by atoms with Gasteiger partial charge < -0.3 is 9.80 Å². The molecule has 0 bridgehead atoms. The molecule has 0 spiro atoms. The Morgan fingerprint density at radius 2 is 1.78 bits per heavy atom. The second-order valence-electron chi connectivity index (χ2n) is 10.4. The molecule has 0 saturated carbocycles. The van der Waals surface area contributed by atoms with Gasteiger partial charge in [0.25, 0.3) is 0 Å². The molecule has 1 aromatic heterocycles. The first-order chi connectivity index (χ1) is 19.4. The number of aromatic nitrogens is 1. The Balaban J connectivity index is 1.48. The third kappa shape index (κ3) is 6.64. The van der Waals surface area contributed by atoms with Crippen molar-refractivity contribution in [1.29, 1.82) is 0 Å². The largest absolute Gasteiger partial charge is 0.355 e. The molecule has 2 aliphatic rings. The average Bonchev–Trinajstić information content (AvgIpc) is 3.37. The molecular weight excluding hydrogens is 573 g/mol. The standard InChI is InChI=1S/C28H35ClFN5O5S/c1-4-6-25(36)22-17-23(29)27(31-24(22)18-35-14-5-7-26(35)37)34-15-12-19(13-16-34)28(38)33(3)41(39,40)32(2)21-10-8-20(30)9-11-21/h8-11,17,19H,4-7,12-16,18H2,1-3H3. The van der Waals surface area contributed by atoms with Crippen molar-refractivity contribution in [2.75, 3.05) is 42.9 Å². The van der Waals surface area contributed by atoms with Gasteiger partial charge in [0, 0.05) is 58.1 Å². The molecule has 4 rings (SSSR count). The number of Topliss-reactive ketones (excluding diaryl/α,β-unsaturated/α-hetero) is 1. The molecule has 2 saturated heterocycles. The first-order valence-corrected chi connectivity index (χ1v) is 15.5. The quantitative estimate of drug-likeness (QED) is 0.375. The summed E-state index contributed by atoms with van der Waals surface area (Å²) in [5.41, 5.74) is 1.15. The van der Waals surface area contributed by atoms with Gasteiger partial charge in [-0.2, -0.15) is 8.42 Å². The van der Waals surface area contributed by atoms with Gasteiger partial charge in [-0.1, -0.05) is 18.5 Å². The number of piperidine rings is 1. The van der Waals surface area contributed by atoms with Crippen LogP contribution in [0.5, 0.6) is 0 Å². The van der Waals surface area contributed by atoms with Gasteiger partial charge in [-0.15, -0.1) is 0 Å². The fourth-order valence-corrected chi connectivity index (χ4v) is 6.59. The second kappa shape index (κ2) is 12.7. The van der Waals surface area contributed by atoms with Crippen LogP contribution in [0.1, 0.15) is 61.5 Å². The molecule has 0 aliphatic carbocycles. The summed E-state index contributed by atoms with van der Waals surface area (Å²) in [5, 5.41) is 0.311. The number of anilines is 2. The molecule has 2 amide bonds. The summed E-state index contributed by atoms with van der Waals surface area (Å²) in [6.07, 6.45) is 3.00. The lowest BCUT2D eigenvalue weighted by Gasteiger charge is -2.35. The minimum absolute atomic E-state index is 0.0284. The van der Waals surface area contributed by atoms with Crippen LogP contribution in [0.15, 0.2) is 30.3 Å². The number of carbonyl (C=O) groups is 3. The summed E-state index contributed by atoms with van der Waals surface area (Å²) in [6.45, 7) is 3.55. The Hall–Kier alpha value is -3.25. The number of benzene rings is 1. The summed E-state index contributed by atoms with van der Waals surface area (Å²) in [6, 6.07) is 6.59. The molecule has 2 fully saturated rings. The van der Waals surface area contributed by atoms with E-state index in [9.17, 15) is 27.2 Å². The molecule has 1 aromatic carbocycles. The highest BCUT2D eigenvalue weighted by Crippen LogP contribution is 2.32. The smallest absolute Gasteiger partial charge is 0.328 e. The van der Waals surface area contributed by atoms with Crippen LogP contribution >= 0.6 is 11.6 Å². The minimum atomic E-state index is -4.18. The number of pyridine rings is 1. The number of ketones is 1. The van der Waals surface area contributed by atoms with E-state index in [1.807, 2.05) is 11.8 Å². The molecule has 0 unspecified atom stereocenters. The Labute approximate surface area is 245 Å². The van der Waals surface area contributed by atoms with E-state index in [2.05, 4.69) is 0 Å². The van der Waals surface area contributed by atoms with E-state index in [0.29, 0.717) is 73.8 Å². The topological polar surface area (TPSA) is 111 Å². The normalized spacial score (nSPS) is 16.3. The fraction of sp³-hybridized carbons (Fsp3) is 0.500. The van der Waals surface area contributed by atoms with Crippen molar-refractivity contribution in [2.45, 2.75) is 52.0 Å². The zero-order valence-electron chi connectivity index (χ0n) is 23.5. The van der Waals surface area contributed by atoms with Gasteiger partial charge in [-0.25, -0.2) is 13.7 Å². The molecule has 3 heterocycles. The molecule has 222 valence electrons. The van der Waals surface area contributed by atoms with E-state index in [-0.39, 0.29) is 23.9 Å². The molecule has 10 nitrogen and oxygen atoms in total. The van der Waals surface area contributed by atoms with Gasteiger partial charge >= 0.3 is 10.2 Å². The maximum Gasteiger partial charge on any atom is 0.328 e. The van der Waals surface area contributed by atoms with E-state index in [0.717, 1.165) is 27.2 Å². The number of rotatable bonds is 10. The number of carbonyl (C=O) groups excluding carboxylic acids is 3. The number of nitrogens with zero attached hydrogens (tertiary/aromatic N) is 5. The molecule has 0 atom stereocenters. The summed E-state index contributed by atoms with van der Waals surface area (Å²) in [5.74, 6) is -1.15. The summed E-state index contributed by atoms with van der Waals surface area (Å²) < 4.78 is 41.2. The van der Waals surface area contributed by atoms with Crippen LogP contribution in [-0.2, 0) is 26.3 Å². The van der Waals surface area contributed by atoms with Gasteiger partial charge in [0.2, 0.25) is 11.8 Å². The van der Waals surface area contributed by atoms with Crippen LogP contribution < -0.4 is 9.21 Å². The summed E-state index contributed by atoms with van der Waals surface area (Å²) in [4.78, 5) is 46.7. The maximum absolute atomic E-state index is 13.3. The lowest BCUT2D eigenvalue weighted by Crippen LogP contribution is -2.47. The van der Waals surface area contributed by atoms with Crippen LogP contribution in [0, 0.1) is 11.7 Å². The zero-order chi connectivity index (χ0) is 29.9. The van der Waals surface area contributed by atoms with Crippen molar-refractivity contribution in [3.63, 3.8) is 0 Å². The summed E-state index contributed by atoms with van der Waals surface area (Å²) in [7, 11) is -1.65. The third-order valence-electron chi connectivity index (χ3n) is 7.66. The van der Waals surface area contributed by atoms with Crippen molar-refractivity contribution < 1.29 is 27.2 Å². The molecule has 0 N–H and O–H groups in total. The highest BCUT2D eigenvalue weighted by molar-refractivity contribution is 7.91. The van der Waals surface area contributed by atoms with Gasteiger partial charge in [0.05, 0.1) is 22.9 Å². The van der Waals surface area contributed by atoms with Crippen molar-refractivity contribution in [3.8, 4) is 0 Å². The monoisotopic (exact) mass is 607 g/mol. The van der Waals surface area contributed by atoms with E-state index < -0.39 is 27.9 Å². The van der Waals surface area contributed by atoms with Gasteiger partial charge in [0.15, 0.2) is 5.78 Å². The Morgan fingerprint density at radius 3 is 2.37 bits per heavy atom. The molecular formula is C28H35ClFN5O5S. The molecule has 2 aliphatic heterocycles. The lowest BCUT2D eigenvalue weighted by atomic mass is 9.96. The predicted molar refractivity (Wildman–Crippen MR) is 155 cm³/mol. The molecule has 13 heteroatoms. The van der Waals surface area contributed by atoms with Crippen LogP contribution in [0.4, 0.5) is 15.9 Å². The van der Waals surface area contributed by atoms with Crippen molar-refractivity contribution in [1.82, 2.24) is 14.2 Å². The lowest BCUT2D eigenvalue weighted by molar-refractivity contribution is -0.130. The van der Waals surface area contributed by atoms with E-state index >= 15 is 0 Å². The van der Waals surface area contributed by atoms with Crippen molar-refractivity contribution in [2.24, 2.45) is 5.92 Å². The number of likely N-dealkylation sites (tertiary alicyclic amines) is 1. The highest BCUT2D eigenvalue weighted by Gasteiger charge is 2.35. The maximum atomic E-state index is 13.3. The fourth-order valence-electron chi connectivity index (χ4n) is 5.19. The zero-order valence-corrected chi connectivity index (χ0v) is 25.0. The van der Waals surface area contributed by atoms with Gasteiger partial charge in [-0.3, -0.25) is 18.7 Å². The Kier molecular flexibility index (Phi) is 9.53. The van der Waals surface area contributed by atoms with E-state index in [1.54, 1.807) is 11.0 Å². The number of amides is 2. The number of halogens is 2. The molecule has 0 radical (unpaired) electrons. The summed E-state index contributed by atoms with van der Waals surface area (Å²) >= 11 is 6.62. The number of hydrogen-bond donors (Lipinski definition) is 0. The van der Waals surface area contributed by atoms with Crippen LogP contribution in [0.2, 0.25) is 5.02 Å². The average molecular weight is 608 g/mol. The first-order valence-electron chi connectivity index (χ1n) is 13.7. The van der Waals surface area contributed by atoms with E-state index in [4.69, 9.17) is 16.6 Å². The minimum Gasteiger partial charge on any atom is -0.355 e. The van der Waals surface area contributed by atoms with Crippen LogP contribution in [0.3, 0.4) is 0 Å². The SMILES string of the molecule is CCCC(=O)c1cc(Cl)c(N2CCC(C(=O)N(C)S(=O)(=O)N(C)c3ccc(F)cc3)CC2)nc1CN1CCCC1=O. The third-order valence-corrected chi connectivity index (χ3v) is 9.72. The number of hydrogen-bond acceptors (Lipinski definition) is 7. The van der Waals surface area contributed by atoms with Crippen LogP contribution in [0.25, 0.3) is 0 Å². The first kappa shape index (κ1) is 30.7. The van der Waals surface area contributed by atoms with Gasteiger partial charge in [-0.05, 0) is 56.0 Å². The Bertz CT molecular complexity index is 1410. The van der Waals surface area contributed by atoms with E-state index in [1.165, 1.54) is 26.2 Å². The molecule has 2 aromatic rings.